The molecule has 3 aromatic carbocycles. The van der Waals surface area contributed by atoms with Gasteiger partial charge in [-0.05, 0) is 34.7 Å². The van der Waals surface area contributed by atoms with Crippen LogP contribution in [0.2, 0.25) is 0 Å². The van der Waals surface area contributed by atoms with Crippen LogP contribution in [0.3, 0.4) is 0 Å². The Labute approximate surface area is 211 Å². The summed E-state index contributed by atoms with van der Waals surface area (Å²) in [6.45, 7) is 1.99. The molecule has 2 heterocycles. The second-order valence-corrected chi connectivity index (χ2v) is 10.5. The van der Waals surface area contributed by atoms with E-state index in [1.807, 2.05) is 78.5 Å². The molecule has 2 aromatic heterocycles. The van der Waals surface area contributed by atoms with Crippen LogP contribution < -0.4 is 0 Å². The van der Waals surface area contributed by atoms with Crippen molar-refractivity contribution >= 4 is 9.84 Å². The van der Waals surface area contributed by atoms with Crippen molar-refractivity contribution in [2.24, 2.45) is 0 Å². The van der Waals surface area contributed by atoms with E-state index < -0.39 is 15.4 Å². The Kier molecular flexibility index (Phi) is 6.24. The third-order valence-electron chi connectivity index (χ3n) is 6.31. The Balaban J connectivity index is 1.80. The van der Waals surface area contributed by atoms with E-state index in [0.717, 1.165) is 28.5 Å². The number of hydrogen-bond donors (Lipinski definition) is 0. The van der Waals surface area contributed by atoms with Gasteiger partial charge < -0.3 is 0 Å². The predicted molar refractivity (Wildman–Crippen MR) is 140 cm³/mol. The van der Waals surface area contributed by atoms with E-state index in [1.54, 1.807) is 6.20 Å². The van der Waals surface area contributed by atoms with Crippen LogP contribution in [-0.2, 0) is 21.8 Å². The van der Waals surface area contributed by atoms with Gasteiger partial charge in [0.05, 0.1) is 5.69 Å². The van der Waals surface area contributed by atoms with Crippen LogP contribution in [0, 0.1) is 0 Å². The smallest absolute Gasteiger partial charge is 0.247 e. The SMILES string of the molecule is CCc1cnc(S(C)(=O)=O)nc1-c1ccn(C(c2ccccc2)(c2ccccc2)c2ccccc2)n1. The summed E-state index contributed by atoms with van der Waals surface area (Å²) in [4.78, 5) is 8.50. The van der Waals surface area contributed by atoms with Crippen molar-refractivity contribution in [2.75, 3.05) is 6.26 Å². The van der Waals surface area contributed by atoms with Gasteiger partial charge in [0, 0.05) is 18.6 Å². The van der Waals surface area contributed by atoms with Crippen LogP contribution in [0.5, 0.6) is 0 Å². The highest BCUT2D eigenvalue weighted by molar-refractivity contribution is 7.90. The number of nitrogens with zero attached hydrogens (tertiary/aromatic N) is 4. The fourth-order valence-electron chi connectivity index (χ4n) is 4.62. The molecule has 180 valence electrons. The molecule has 36 heavy (non-hydrogen) atoms. The minimum Gasteiger partial charge on any atom is -0.252 e. The van der Waals surface area contributed by atoms with Crippen LogP contribution in [0.4, 0.5) is 0 Å². The summed E-state index contributed by atoms with van der Waals surface area (Å²) in [7, 11) is -3.57. The molecular weight excluding hydrogens is 468 g/mol. The molecule has 0 aliphatic heterocycles. The first-order valence-corrected chi connectivity index (χ1v) is 13.6. The van der Waals surface area contributed by atoms with E-state index in [0.29, 0.717) is 17.8 Å². The molecule has 0 unspecified atom stereocenters. The molecule has 0 spiro atoms. The number of sulfone groups is 1. The van der Waals surface area contributed by atoms with Crippen LogP contribution in [0.25, 0.3) is 11.4 Å². The van der Waals surface area contributed by atoms with Crippen LogP contribution >= 0.6 is 0 Å². The topological polar surface area (TPSA) is 77.7 Å². The lowest BCUT2D eigenvalue weighted by molar-refractivity contribution is 0.461. The molecule has 0 aliphatic rings. The van der Waals surface area contributed by atoms with Crippen molar-refractivity contribution in [1.82, 2.24) is 19.7 Å². The van der Waals surface area contributed by atoms with Gasteiger partial charge in [0.25, 0.3) is 0 Å². The lowest BCUT2D eigenvalue weighted by Crippen LogP contribution is -2.38. The first kappa shape index (κ1) is 23.6. The molecule has 0 amide bonds. The molecule has 0 bridgehead atoms. The van der Waals surface area contributed by atoms with Gasteiger partial charge >= 0.3 is 0 Å². The highest BCUT2D eigenvalue weighted by Crippen LogP contribution is 2.40. The first-order valence-electron chi connectivity index (χ1n) is 11.7. The van der Waals surface area contributed by atoms with E-state index in [4.69, 9.17) is 5.10 Å². The summed E-state index contributed by atoms with van der Waals surface area (Å²) in [5.74, 6) is 0. The molecule has 5 rings (SSSR count). The van der Waals surface area contributed by atoms with Gasteiger partial charge in [-0.15, -0.1) is 0 Å². The second kappa shape index (κ2) is 9.51. The van der Waals surface area contributed by atoms with Crippen LogP contribution in [0.1, 0.15) is 29.2 Å². The lowest BCUT2D eigenvalue weighted by Gasteiger charge is -2.36. The summed E-state index contributed by atoms with van der Waals surface area (Å²) in [5, 5.41) is 4.84. The maximum absolute atomic E-state index is 12.2. The summed E-state index contributed by atoms with van der Waals surface area (Å²) in [6, 6.07) is 32.7. The minimum absolute atomic E-state index is 0.204. The van der Waals surface area contributed by atoms with Crippen molar-refractivity contribution < 1.29 is 8.42 Å². The van der Waals surface area contributed by atoms with Crippen molar-refractivity contribution in [3.63, 3.8) is 0 Å². The maximum atomic E-state index is 12.2. The lowest BCUT2D eigenvalue weighted by atomic mass is 9.77. The molecule has 5 aromatic rings. The average Bonchev–Trinajstić information content (AvgIpc) is 3.40. The fraction of sp³-hybridized carbons (Fsp3) is 0.138. The largest absolute Gasteiger partial charge is 0.252 e. The van der Waals surface area contributed by atoms with Crippen LogP contribution in [0.15, 0.2) is 115 Å². The van der Waals surface area contributed by atoms with E-state index >= 15 is 0 Å². The quantitative estimate of drug-likeness (QED) is 0.231. The van der Waals surface area contributed by atoms with Crippen molar-refractivity contribution in [3.8, 4) is 11.4 Å². The molecule has 0 fully saturated rings. The third kappa shape index (κ3) is 4.12. The van der Waals surface area contributed by atoms with Gasteiger partial charge in [-0.2, -0.15) is 5.10 Å². The summed E-state index contributed by atoms with van der Waals surface area (Å²) in [5.41, 5.74) is 4.33. The molecule has 0 radical (unpaired) electrons. The normalized spacial score (nSPS) is 11.9. The Morgan fingerprint density at radius 3 is 1.72 bits per heavy atom. The summed E-state index contributed by atoms with van der Waals surface area (Å²) < 4.78 is 26.3. The van der Waals surface area contributed by atoms with E-state index in [-0.39, 0.29) is 5.16 Å². The molecule has 0 aliphatic carbocycles. The molecular formula is C29H26N4O2S. The Morgan fingerprint density at radius 2 is 1.28 bits per heavy atom. The number of hydrogen-bond acceptors (Lipinski definition) is 5. The third-order valence-corrected chi connectivity index (χ3v) is 7.17. The zero-order chi connectivity index (χ0) is 25.2. The Bertz CT molecular complexity index is 1490. The Hall–Kier alpha value is -4.10. The van der Waals surface area contributed by atoms with Crippen molar-refractivity contribution in [1.29, 1.82) is 0 Å². The van der Waals surface area contributed by atoms with E-state index in [2.05, 4.69) is 46.4 Å². The van der Waals surface area contributed by atoms with Crippen molar-refractivity contribution in [2.45, 2.75) is 24.0 Å². The van der Waals surface area contributed by atoms with E-state index in [9.17, 15) is 8.42 Å². The van der Waals surface area contributed by atoms with Gasteiger partial charge in [0.1, 0.15) is 11.2 Å². The highest BCUT2D eigenvalue weighted by Gasteiger charge is 2.39. The maximum Gasteiger partial charge on any atom is 0.247 e. The Morgan fingerprint density at radius 1 is 0.778 bits per heavy atom. The fourth-order valence-corrected chi connectivity index (χ4v) is 5.12. The van der Waals surface area contributed by atoms with Crippen molar-refractivity contribution in [3.05, 3.63) is 132 Å². The summed E-state index contributed by atoms with van der Waals surface area (Å²) in [6.07, 6.45) is 5.27. The standard InChI is InChI=1S/C29H26N4O2S/c1-3-22-21-30-28(36(2,34)35)31-27(22)26-19-20-33(32-26)29(23-13-7-4-8-14-23,24-15-9-5-10-16-24)25-17-11-6-12-18-25/h4-21H,3H2,1-2H3. The first-order chi connectivity index (χ1) is 17.4. The number of aryl methyl sites for hydroxylation is 1. The molecule has 6 nitrogen and oxygen atoms in total. The average molecular weight is 495 g/mol. The minimum atomic E-state index is -3.57. The summed E-state index contributed by atoms with van der Waals surface area (Å²) >= 11 is 0. The van der Waals surface area contributed by atoms with E-state index in [1.165, 1.54) is 0 Å². The second-order valence-electron chi connectivity index (χ2n) is 8.61. The van der Waals surface area contributed by atoms with Gasteiger partial charge in [0.15, 0.2) is 0 Å². The molecule has 0 atom stereocenters. The van der Waals surface area contributed by atoms with Crippen LogP contribution in [-0.4, -0.2) is 34.4 Å². The number of aromatic nitrogens is 4. The van der Waals surface area contributed by atoms with Gasteiger partial charge in [-0.25, -0.2) is 18.4 Å². The molecule has 7 heteroatoms. The number of rotatable bonds is 7. The predicted octanol–water partition coefficient (Wildman–Crippen LogP) is 5.15. The van der Waals surface area contributed by atoms with Gasteiger partial charge in [-0.3, -0.25) is 4.68 Å². The molecule has 0 saturated carbocycles. The van der Waals surface area contributed by atoms with Gasteiger partial charge in [-0.1, -0.05) is 97.9 Å². The zero-order valence-corrected chi connectivity index (χ0v) is 20.9. The molecule has 0 N–H and O–H groups in total. The number of benzene rings is 3. The molecule has 0 saturated heterocycles. The highest BCUT2D eigenvalue weighted by atomic mass is 32.2. The monoisotopic (exact) mass is 494 g/mol. The van der Waals surface area contributed by atoms with Gasteiger partial charge in [0.2, 0.25) is 15.0 Å². The zero-order valence-electron chi connectivity index (χ0n) is 20.1.